The second kappa shape index (κ2) is 4.87. The summed E-state index contributed by atoms with van der Waals surface area (Å²) in [5, 5.41) is 0. The quantitative estimate of drug-likeness (QED) is 0.807. The molecule has 1 aromatic rings. The van der Waals surface area contributed by atoms with Crippen LogP contribution >= 0.6 is 0 Å². The molecule has 1 aromatic heterocycles. The van der Waals surface area contributed by atoms with Crippen LogP contribution in [0.1, 0.15) is 35.0 Å². The molecule has 0 atom stereocenters. The van der Waals surface area contributed by atoms with Crippen molar-refractivity contribution >= 4 is 11.7 Å². The van der Waals surface area contributed by atoms with Crippen molar-refractivity contribution in [2.24, 2.45) is 0 Å². The Hall–Kier alpha value is -1.72. The molecule has 88 valence electrons. The number of nitrogen functional groups attached to an aromatic ring is 1. The van der Waals surface area contributed by atoms with E-state index < -0.39 is 18.0 Å². The number of hydrogen-bond acceptors (Lipinski definition) is 4. The van der Waals surface area contributed by atoms with Crippen LogP contribution in [0.25, 0.3) is 0 Å². The number of carbonyl (C=O) groups excluding carboxylic acids is 1. The number of esters is 1. The first-order chi connectivity index (χ1) is 7.49. The largest absolute Gasteiger partial charge is 0.461 e. The first-order valence-corrected chi connectivity index (χ1v) is 4.69. The van der Waals surface area contributed by atoms with Gasteiger partial charge in [-0.25, -0.2) is 18.6 Å². The highest BCUT2D eigenvalue weighted by Gasteiger charge is 2.24. The summed E-state index contributed by atoms with van der Waals surface area (Å²) in [7, 11) is 0. The molecule has 0 saturated heterocycles. The van der Waals surface area contributed by atoms with Crippen LogP contribution in [0.15, 0.2) is 6.20 Å². The number of halogens is 2. The third-order valence-electron chi connectivity index (χ3n) is 2.11. The van der Waals surface area contributed by atoms with Crippen LogP contribution in [0.3, 0.4) is 0 Å². The Bertz CT molecular complexity index is 408. The van der Waals surface area contributed by atoms with Crippen molar-refractivity contribution in [2.75, 3.05) is 12.3 Å². The van der Waals surface area contributed by atoms with Crippen LogP contribution in [-0.2, 0) is 4.74 Å². The number of carbonyl (C=O) groups is 1. The fourth-order valence-corrected chi connectivity index (χ4v) is 1.26. The monoisotopic (exact) mass is 230 g/mol. The number of hydrogen-bond donors (Lipinski definition) is 1. The molecule has 1 heterocycles. The van der Waals surface area contributed by atoms with Crippen molar-refractivity contribution in [3.05, 3.63) is 23.0 Å². The Morgan fingerprint density at radius 1 is 1.62 bits per heavy atom. The number of pyridine rings is 1. The molecular weight excluding hydrogens is 218 g/mol. The molecule has 0 bridgehead atoms. The van der Waals surface area contributed by atoms with Gasteiger partial charge in [0.15, 0.2) is 5.69 Å². The number of ether oxygens (including phenoxy) is 1. The molecule has 0 fully saturated rings. The van der Waals surface area contributed by atoms with Gasteiger partial charge in [-0.15, -0.1) is 0 Å². The van der Waals surface area contributed by atoms with Crippen LogP contribution in [0.5, 0.6) is 0 Å². The molecule has 1 rings (SSSR count). The maximum absolute atomic E-state index is 12.8. The maximum atomic E-state index is 12.8. The third kappa shape index (κ3) is 2.26. The summed E-state index contributed by atoms with van der Waals surface area (Å²) in [6.45, 7) is 3.11. The predicted octanol–water partition coefficient (Wildman–Crippen LogP) is 2.09. The van der Waals surface area contributed by atoms with Crippen molar-refractivity contribution < 1.29 is 18.3 Å². The van der Waals surface area contributed by atoms with Crippen LogP contribution < -0.4 is 5.73 Å². The number of anilines is 1. The minimum absolute atomic E-state index is 0.104. The molecule has 4 nitrogen and oxygen atoms in total. The summed E-state index contributed by atoms with van der Waals surface area (Å²) < 4.78 is 30.2. The van der Waals surface area contributed by atoms with Gasteiger partial charge < -0.3 is 10.5 Å². The van der Waals surface area contributed by atoms with E-state index in [4.69, 9.17) is 5.73 Å². The Morgan fingerprint density at radius 2 is 2.25 bits per heavy atom. The van der Waals surface area contributed by atoms with Gasteiger partial charge in [-0.1, -0.05) is 0 Å². The topological polar surface area (TPSA) is 65.2 Å². The van der Waals surface area contributed by atoms with Gasteiger partial charge in [0.2, 0.25) is 0 Å². The average molecular weight is 230 g/mol. The molecule has 0 aromatic carbocycles. The first-order valence-electron chi connectivity index (χ1n) is 4.69. The molecule has 16 heavy (non-hydrogen) atoms. The molecule has 0 saturated carbocycles. The summed E-state index contributed by atoms with van der Waals surface area (Å²) in [5.41, 5.74) is 4.91. The molecule has 2 N–H and O–H groups in total. The van der Waals surface area contributed by atoms with E-state index in [9.17, 15) is 13.6 Å². The van der Waals surface area contributed by atoms with E-state index in [0.717, 1.165) is 0 Å². The fourth-order valence-electron chi connectivity index (χ4n) is 1.26. The molecule has 6 heteroatoms. The highest BCUT2D eigenvalue weighted by molar-refractivity contribution is 5.90. The second-order valence-electron chi connectivity index (χ2n) is 3.12. The van der Waals surface area contributed by atoms with E-state index in [2.05, 4.69) is 9.72 Å². The minimum atomic E-state index is -2.81. The molecule has 0 spiro atoms. The SMILES string of the molecule is CCOC(=O)c1ncc(N)c(C)c1C(F)F. The lowest BCUT2D eigenvalue weighted by atomic mass is 10.1. The van der Waals surface area contributed by atoms with E-state index in [1.54, 1.807) is 6.92 Å². The average Bonchev–Trinajstić information content (AvgIpc) is 2.21. The van der Waals surface area contributed by atoms with Crippen LogP contribution in [0.2, 0.25) is 0 Å². The van der Waals surface area contributed by atoms with E-state index in [1.165, 1.54) is 13.1 Å². The number of nitrogens with zero attached hydrogens (tertiary/aromatic N) is 1. The minimum Gasteiger partial charge on any atom is -0.461 e. The summed E-state index contributed by atoms with van der Waals surface area (Å²) in [4.78, 5) is 15.0. The molecular formula is C10H12F2N2O2. The van der Waals surface area contributed by atoms with Gasteiger partial charge in [-0.05, 0) is 19.4 Å². The van der Waals surface area contributed by atoms with Crippen LogP contribution in [0, 0.1) is 6.92 Å². The summed E-state index contributed by atoms with van der Waals surface area (Å²) in [6.07, 6.45) is -1.64. The van der Waals surface area contributed by atoms with Gasteiger partial charge in [-0.3, -0.25) is 0 Å². The van der Waals surface area contributed by atoms with Crippen molar-refractivity contribution in [3.63, 3.8) is 0 Å². The van der Waals surface area contributed by atoms with Crippen molar-refractivity contribution in [1.29, 1.82) is 0 Å². The van der Waals surface area contributed by atoms with Gasteiger partial charge in [0.1, 0.15) is 0 Å². The van der Waals surface area contributed by atoms with E-state index in [0.29, 0.717) is 0 Å². The lowest BCUT2D eigenvalue weighted by molar-refractivity contribution is 0.0507. The van der Waals surface area contributed by atoms with Crippen LogP contribution in [-0.4, -0.2) is 17.6 Å². The molecule has 0 amide bonds. The zero-order chi connectivity index (χ0) is 12.3. The zero-order valence-corrected chi connectivity index (χ0v) is 8.96. The fraction of sp³-hybridized carbons (Fsp3) is 0.400. The molecule has 0 unspecified atom stereocenters. The number of alkyl halides is 2. The highest BCUT2D eigenvalue weighted by Crippen LogP contribution is 2.28. The molecule has 0 aliphatic rings. The smallest absolute Gasteiger partial charge is 0.357 e. The van der Waals surface area contributed by atoms with Gasteiger partial charge in [0.05, 0.1) is 24.1 Å². The van der Waals surface area contributed by atoms with E-state index >= 15 is 0 Å². The van der Waals surface area contributed by atoms with Gasteiger partial charge in [0.25, 0.3) is 6.43 Å². The second-order valence-corrected chi connectivity index (χ2v) is 3.12. The summed E-state index contributed by atoms with van der Waals surface area (Å²) >= 11 is 0. The van der Waals surface area contributed by atoms with Crippen LogP contribution in [0.4, 0.5) is 14.5 Å². The number of nitrogens with two attached hydrogens (primary N) is 1. The third-order valence-corrected chi connectivity index (χ3v) is 2.11. The van der Waals surface area contributed by atoms with Gasteiger partial charge >= 0.3 is 5.97 Å². The van der Waals surface area contributed by atoms with Crippen molar-refractivity contribution in [3.8, 4) is 0 Å². The summed E-state index contributed by atoms with van der Waals surface area (Å²) in [5.74, 6) is -0.860. The Balaban J connectivity index is 3.28. The van der Waals surface area contributed by atoms with Crippen molar-refractivity contribution in [1.82, 2.24) is 4.98 Å². The van der Waals surface area contributed by atoms with E-state index in [1.807, 2.05) is 0 Å². The lowest BCUT2D eigenvalue weighted by Gasteiger charge is -2.11. The van der Waals surface area contributed by atoms with E-state index in [-0.39, 0.29) is 23.6 Å². The van der Waals surface area contributed by atoms with Gasteiger partial charge in [-0.2, -0.15) is 0 Å². The predicted molar refractivity (Wildman–Crippen MR) is 54.3 cm³/mol. The highest BCUT2D eigenvalue weighted by atomic mass is 19.3. The number of rotatable bonds is 3. The zero-order valence-electron chi connectivity index (χ0n) is 8.96. The molecule has 0 aliphatic heterocycles. The standard InChI is InChI=1S/C10H12F2N2O2/c1-3-16-10(15)8-7(9(11)12)5(2)6(13)4-14-8/h4,9H,3,13H2,1-2H3. The van der Waals surface area contributed by atoms with Crippen molar-refractivity contribution in [2.45, 2.75) is 20.3 Å². The molecule has 0 radical (unpaired) electrons. The normalized spacial score (nSPS) is 10.6. The lowest BCUT2D eigenvalue weighted by Crippen LogP contribution is -2.13. The first kappa shape index (κ1) is 12.4. The Kier molecular flexibility index (Phi) is 3.76. The molecule has 0 aliphatic carbocycles. The summed E-state index contributed by atoms with van der Waals surface area (Å²) in [6, 6.07) is 0. The van der Waals surface area contributed by atoms with Gasteiger partial charge in [0, 0.05) is 0 Å². The maximum Gasteiger partial charge on any atom is 0.357 e. The Morgan fingerprint density at radius 3 is 2.75 bits per heavy atom. The number of aromatic nitrogens is 1. The Labute approximate surface area is 91.4 Å².